The number of rotatable bonds is 8. The van der Waals surface area contributed by atoms with Crippen LogP contribution >= 0.6 is 11.6 Å². The summed E-state index contributed by atoms with van der Waals surface area (Å²) < 4.78 is 5.60. The minimum absolute atomic E-state index is 0.0746. The van der Waals surface area contributed by atoms with Gasteiger partial charge in [0.2, 0.25) is 5.91 Å². The Kier molecular flexibility index (Phi) is 7.67. The number of halogens is 1. The predicted octanol–water partition coefficient (Wildman–Crippen LogP) is 3.60. The Hall–Kier alpha value is -2.53. The summed E-state index contributed by atoms with van der Waals surface area (Å²) in [6, 6.07) is 13.8. The molecule has 0 aliphatic heterocycles. The molecule has 0 saturated heterocycles. The number of nitrogens with one attached hydrogen (secondary N) is 2. The summed E-state index contributed by atoms with van der Waals surface area (Å²) in [4.78, 5) is 24.9. The minimum Gasteiger partial charge on any atom is -0.492 e. The lowest BCUT2D eigenvalue weighted by molar-refractivity contribution is -0.124. The van der Waals surface area contributed by atoms with Crippen LogP contribution in [0.15, 0.2) is 48.5 Å². The van der Waals surface area contributed by atoms with Gasteiger partial charge >= 0.3 is 0 Å². The second-order valence-electron chi connectivity index (χ2n) is 6.63. The van der Waals surface area contributed by atoms with E-state index in [-0.39, 0.29) is 17.7 Å². The number of carbonyl (C=O) groups excluding carboxylic acids is 2. The van der Waals surface area contributed by atoms with Crippen LogP contribution in [0, 0.1) is 12.8 Å². The Labute approximate surface area is 165 Å². The van der Waals surface area contributed by atoms with Gasteiger partial charge in [-0.25, -0.2) is 0 Å². The van der Waals surface area contributed by atoms with E-state index in [0.717, 1.165) is 11.3 Å². The molecule has 0 saturated carbocycles. The van der Waals surface area contributed by atoms with Crippen molar-refractivity contribution in [2.24, 2.45) is 5.92 Å². The monoisotopic (exact) mass is 388 g/mol. The zero-order valence-electron chi connectivity index (χ0n) is 15.8. The van der Waals surface area contributed by atoms with E-state index >= 15 is 0 Å². The number of benzene rings is 2. The lowest BCUT2D eigenvalue weighted by atomic mass is 10.0. The third kappa shape index (κ3) is 6.29. The second kappa shape index (κ2) is 9.97. The highest BCUT2D eigenvalue weighted by Gasteiger charge is 2.25. The van der Waals surface area contributed by atoms with Crippen LogP contribution in [0.25, 0.3) is 0 Å². The van der Waals surface area contributed by atoms with E-state index in [1.807, 2.05) is 45.0 Å². The van der Waals surface area contributed by atoms with Crippen LogP contribution in [0.2, 0.25) is 5.02 Å². The zero-order valence-corrected chi connectivity index (χ0v) is 16.5. The molecule has 0 heterocycles. The highest BCUT2D eigenvalue weighted by atomic mass is 35.5. The lowest BCUT2D eigenvalue weighted by Crippen LogP contribution is -2.50. The number of amides is 2. The summed E-state index contributed by atoms with van der Waals surface area (Å²) >= 11 is 6.05. The molecule has 0 aliphatic rings. The van der Waals surface area contributed by atoms with E-state index in [1.54, 1.807) is 24.3 Å². The SMILES string of the molecule is Cc1ccc(OCCNC(=O)C(NC(=O)c2ccccc2Cl)C(C)C)cc1. The summed E-state index contributed by atoms with van der Waals surface area (Å²) in [5.41, 5.74) is 1.50. The summed E-state index contributed by atoms with van der Waals surface area (Å²) in [6.07, 6.45) is 0. The van der Waals surface area contributed by atoms with Gasteiger partial charge in [0.1, 0.15) is 18.4 Å². The first-order valence-electron chi connectivity index (χ1n) is 8.91. The van der Waals surface area contributed by atoms with Crippen LogP contribution in [0.4, 0.5) is 0 Å². The molecule has 1 atom stereocenters. The lowest BCUT2D eigenvalue weighted by Gasteiger charge is -2.22. The van der Waals surface area contributed by atoms with Crippen molar-refractivity contribution in [3.63, 3.8) is 0 Å². The van der Waals surface area contributed by atoms with E-state index in [0.29, 0.717) is 23.7 Å². The highest BCUT2D eigenvalue weighted by molar-refractivity contribution is 6.33. The molecule has 2 aromatic carbocycles. The molecule has 0 aliphatic carbocycles. The van der Waals surface area contributed by atoms with E-state index in [4.69, 9.17) is 16.3 Å². The van der Waals surface area contributed by atoms with Gasteiger partial charge in [0.05, 0.1) is 17.1 Å². The third-order valence-corrected chi connectivity index (χ3v) is 4.37. The summed E-state index contributed by atoms with van der Waals surface area (Å²) in [6.45, 7) is 6.45. The first kappa shape index (κ1) is 20.8. The van der Waals surface area contributed by atoms with Gasteiger partial charge in [0.25, 0.3) is 5.91 Å². The maximum atomic E-state index is 12.5. The van der Waals surface area contributed by atoms with Crippen molar-refractivity contribution >= 4 is 23.4 Å². The van der Waals surface area contributed by atoms with Gasteiger partial charge in [0, 0.05) is 0 Å². The molecule has 0 fully saturated rings. The normalized spacial score (nSPS) is 11.7. The average molecular weight is 389 g/mol. The Morgan fingerprint density at radius 3 is 2.37 bits per heavy atom. The van der Waals surface area contributed by atoms with Crippen molar-refractivity contribution < 1.29 is 14.3 Å². The third-order valence-electron chi connectivity index (χ3n) is 4.05. The number of hydrogen-bond acceptors (Lipinski definition) is 3. The Bertz CT molecular complexity index is 775. The quantitative estimate of drug-likeness (QED) is 0.679. The average Bonchev–Trinajstić information content (AvgIpc) is 2.64. The molecule has 5 nitrogen and oxygen atoms in total. The topological polar surface area (TPSA) is 67.4 Å². The number of carbonyl (C=O) groups is 2. The maximum Gasteiger partial charge on any atom is 0.253 e. The molecular weight excluding hydrogens is 364 g/mol. The van der Waals surface area contributed by atoms with E-state index in [9.17, 15) is 9.59 Å². The number of ether oxygens (including phenoxy) is 1. The van der Waals surface area contributed by atoms with Gasteiger partial charge in [0.15, 0.2) is 0 Å². The molecule has 2 N–H and O–H groups in total. The molecule has 0 bridgehead atoms. The maximum absolute atomic E-state index is 12.5. The molecule has 27 heavy (non-hydrogen) atoms. The molecule has 2 amide bonds. The molecular formula is C21H25ClN2O3. The fourth-order valence-electron chi connectivity index (χ4n) is 2.49. The van der Waals surface area contributed by atoms with Gasteiger partial charge < -0.3 is 15.4 Å². The largest absolute Gasteiger partial charge is 0.492 e. The Morgan fingerprint density at radius 1 is 1.07 bits per heavy atom. The second-order valence-corrected chi connectivity index (χ2v) is 7.03. The first-order chi connectivity index (χ1) is 12.9. The molecule has 0 aromatic heterocycles. The van der Waals surface area contributed by atoms with E-state index in [1.165, 1.54) is 0 Å². The van der Waals surface area contributed by atoms with Gasteiger partial charge in [-0.2, -0.15) is 0 Å². The molecule has 2 aromatic rings. The molecule has 1 unspecified atom stereocenters. The Balaban J connectivity index is 1.86. The first-order valence-corrected chi connectivity index (χ1v) is 9.29. The van der Waals surface area contributed by atoms with Crippen LogP contribution in [0.3, 0.4) is 0 Å². The highest BCUT2D eigenvalue weighted by Crippen LogP contribution is 2.15. The fraction of sp³-hybridized carbons (Fsp3) is 0.333. The van der Waals surface area contributed by atoms with Crippen LogP contribution < -0.4 is 15.4 Å². The van der Waals surface area contributed by atoms with Gasteiger partial charge in [-0.05, 0) is 37.1 Å². The summed E-state index contributed by atoms with van der Waals surface area (Å²) in [7, 11) is 0. The zero-order chi connectivity index (χ0) is 19.8. The van der Waals surface area contributed by atoms with Crippen molar-refractivity contribution in [1.29, 1.82) is 0 Å². The van der Waals surface area contributed by atoms with Crippen LogP contribution in [0.1, 0.15) is 29.8 Å². The standard InChI is InChI=1S/C21H25ClN2O3/c1-14(2)19(24-20(25)17-6-4-5-7-18(17)22)21(26)23-12-13-27-16-10-8-15(3)9-11-16/h4-11,14,19H,12-13H2,1-3H3,(H,23,26)(H,24,25). The molecule has 6 heteroatoms. The van der Waals surface area contributed by atoms with Crippen LogP contribution in [-0.4, -0.2) is 31.0 Å². The molecule has 144 valence electrons. The van der Waals surface area contributed by atoms with Crippen LogP contribution in [-0.2, 0) is 4.79 Å². The fourth-order valence-corrected chi connectivity index (χ4v) is 2.71. The van der Waals surface area contributed by atoms with Crippen molar-refractivity contribution in [1.82, 2.24) is 10.6 Å². The van der Waals surface area contributed by atoms with Crippen molar-refractivity contribution in [2.75, 3.05) is 13.2 Å². The summed E-state index contributed by atoms with van der Waals surface area (Å²) in [5.74, 6) is 0.0556. The minimum atomic E-state index is -0.659. The predicted molar refractivity (Wildman–Crippen MR) is 107 cm³/mol. The molecule has 0 radical (unpaired) electrons. The number of hydrogen-bond donors (Lipinski definition) is 2. The molecule has 2 rings (SSSR count). The van der Waals surface area contributed by atoms with Crippen molar-refractivity contribution in [2.45, 2.75) is 26.8 Å². The van der Waals surface area contributed by atoms with E-state index < -0.39 is 6.04 Å². The van der Waals surface area contributed by atoms with E-state index in [2.05, 4.69) is 10.6 Å². The smallest absolute Gasteiger partial charge is 0.253 e. The summed E-state index contributed by atoms with van der Waals surface area (Å²) in [5, 5.41) is 5.92. The van der Waals surface area contributed by atoms with Gasteiger partial charge in [-0.1, -0.05) is 55.3 Å². The van der Waals surface area contributed by atoms with Crippen molar-refractivity contribution in [3.8, 4) is 5.75 Å². The van der Waals surface area contributed by atoms with Gasteiger partial charge in [-0.15, -0.1) is 0 Å². The number of aryl methyl sites for hydroxylation is 1. The Morgan fingerprint density at radius 2 is 1.74 bits per heavy atom. The van der Waals surface area contributed by atoms with Crippen molar-refractivity contribution in [3.05, 3.63) is 64.7 Å². The van der Waals surface area contributed by atoms with Crippen LogP contribution in [0.5, 0.6) is 5.75 Å². The van der Waals surface area contributed by atoms with Gasteiger partial charge in [-0.3, -0.25) is 9.59 Å². The molecule has 0 spiro atoms.